The van der Waals surface area contributed by atoms with E-state index in [-0.39, 0.29) is 36.3 Å². The van der Waals surface area contributed by atoms with Gasteiger partial charge in [-0.3, -0.25) is 9.59 Å². The van der Waals surface area contributed by atoms with E-state index in [4.69, 9.17) is 10.5 Å². The lowest BCUT2D eigenvalue weighted by Crippen LogP contribution is -2.29. The summed E-state index contributed by atoms with van der Waals surface area (Å²) in [7, 11) is 0. The number of hydrogen-bond donors (Lipinski definition) is 1. The number of amides is 2. The lowest BCUT2D eigenvalue weighted by atomic mass is 10.1. The van der Waals surface area contributed by atoms with E-state index in [0.29, 0.717) is 30.6 Å². The molecule has 2 N–H and O–H groups in total. The van der Waals surface area contributed by atoms with Gasteiger partial charge in [0.1, 0.15) is 5.82 Å². The molecule has 5 nitrogen and oxygen atoms in total. The molecule has 0 radical (unpaired) electrons. The van der Waals surface area contributed by atoms with Crippen molar-refractivity contribution in [1.29, 1.82) is 0 Å². The van der Waals surface area contributed by atoms with Crippen molar-refractivity contribution in [2.45, 2.75) is 39.4 Å². The number of halogens is 1. The minimum Gasteiger partial charge on any atom is -0.374 e. The van der Waals surface area contributed by atoms with E-state index in [0.717, 1.165) is 6.42 Å². The molecule has 1 atom stereocenters. The molecule has 1 aromatic rings. The summed E-state index contributed by atoms with van der Waals surface area (Å²) in [6.45, 7) is 4.98. The summed E-state index contributed by atoms with van der Waals surface area (Å²) in [5.41, 5.74) is 6.01. The average Bonchev–Trinajstić information content (AvgIpc) is 2.93. The Morgan fingerprint density at radius 1 is 1.43 bits per heavy atom. The van der Waals surface area contributed by atoms with Gasteiger partial charge in [0, 0.05) is 30.6 Å². The Morgan fingerprint density at radius 2 is 2.17 bits per heavy atom. The van der Waals surface area contributed by atoms with Crippen LogP contribution in [0.1, 0.15) is 42.6 Å². The van der Waals surface area contributed by atoms with Gasteiger partial charge in [0.05, 0.1) is 12.7 Å². The number of nitrogens with two attached hydrogens (primary N) is 1. The van der Waals surface area contributed by atoms with E-state index >= 15 is 0 Å². The van der Waals surface area contributed by atoms with Crippen molar-refractivity contribution in [2.24, 2.45) is 11.7 Å². The van der Waals surface area contributed by atoms with E-state index in [9.17, 15) is 14.0 Å². The van der Waals surface area contributed by atoms with Gasteiger partial charge in [-0.1, -0.05) is 0 Å². The molecule has 23 heavy (non-hydrogen) atoms. The van der Waals surface area contributed by atoms with Crippen molar-refractivity contribution < 1.29 is 18.7 Å². The number of rotatable bonds is 6. The number of nitrogens with zero attached hydrogens (tertiary/aromatic N) is 1. The molecule has 1 aliphatic rings. The maximum atomic E-state index is 13.8. The molecule has 0 aliphatic carbocycles. The monoisotopic (exact) mass is 322 g/mol. The highest BCUT2D eigenvalue weighted by Crippen LogP contribution is 2.22. The maximum Gasteiger partial charge on any atom is 0.253 e. The van der Waals surface area contributed by atoms with Gasteiger partial charge >= 0.3 is 0 Å². The highest BCUT2D eigenvalue weighted by atomic mass is 19.1. The van der Waals surface area contributed by atoms with E-state index < -0.39 is 0 Å². The Labute approximate surface area is 135 Å². The lowest BCUT2D eigenvalue weighted by molar-refractivity contribution is -0.118. The normalized spacial score (nSPS) is 17.7. The number of carbonyl (C=O) groups excluding carboxylic acids is 2. The van der Waals surface area contributed by atoms with E-state index in [1.165, 1.54) is 12.1 Å². The zero-order chi connectivity index (χ0) is 17.0. The molecule has 0 spiro atoms. The molecular weight excluding hydrogens is 299 g/mol. The van der Waals surface area contributed by atoms with Crippen molar-refractivity contribution in [3.05, 3.63) is 35.1 Å². The molecule has 1 aromatic carbocycles. The van der Waals surface area contributed by atoms with Crippen molar-refractivity contribution in [1.82, 2.24) is 4.90 Å². The number of likely N-dealkylation sites (tertiary alicyclic amines) is 1. The fraction of sp³-hybridized carbons (Fsp3) is 0.529. The molecule has 1 saturated heterocycles. The van der Waals surface area contributed by atoms with Crippen LogP contribution in [0, 0.1) is 11.7 Å². The highest BCUT2D eigenvalue weighted by molar-refractivity contribution is 5.94. The number of primary amides is 1. The summed E-state index contributed by atoms with van der Waals surface area (Å²) in [6, 6.07) is 4.32. The van der Waals surface area contributed by atoms with Crippen LogP contribution in [-0.4, -0.2) is 35.9 Å². The number of hydrogen-bond acceptors (Lipinski definition) is 3. The molecule has 1 heterocycles. The van der Waals surface area contributed by atoms with Gasteiger partial charge in [-0.05, 0) is 44.4 Å². The van der Waals surface area contributed by atoms with E-state index in [1.54, 1.807) is 11.0 Å². The predicted molar refractivity (Wildman–Crippen MR) is 84.1 cm³/mol. The summed E-state index contributed by atoms with van der Waals surface area (Å²) in [4.78, 5) is 25.2. The molecule has 0 aromatic heterocycles. The number of benzene rings is 1. The van der Waals surface area contributed by atoms with Gasteiger partial charge in [-0.2, -0.15) is 0 Å². The minimum atomic E-state index is -0.379. The first-order valence-corrected chi connectivity index (χ1v) is 7.84. The first-order chi connectivity index (χ1) is 10.9. The largest absolute Gasteiger partial charge is 0.374 e. The minimum absolute atomic E-state index is 0.0121. The maximum absolute atomic E-state index is 13.8. The van der Waals surface area contributed by atoms with Gasteiger partial charge in [0.25, 0.3) is 5.91 Å². The van der Waals surface area contributed by atoms with Crippen molar-refractivity contribution in [3.8, 4) is 0 Å². The van der Waals surface area contributed by atoms with Crippen LogP contribution in [0.25, 0.3) is 0 Å². The molecule has 1 fully saturated rings. The van der Waals surface area contributed by atoms with Crippen molar-refractivity contribution >= 4 is 11.8 Å². The fourth-order valence-corrected chi connectivity index (χ4v) is 2.73. The Bertz CT molecular complexity index is 589. The molecular formula is C17H23FN2O3. The highest BCUT2D eigenvalue weighted by Gasteiger charge is 2.28. The van der Waals surface area contributed by atoms with Gasteiger partial charge in [0.2, 0.25) is 5.91 Å². The third-order valence-corrected chi connectivity index (χ3v) is 3.93. The molecule has 2 rings (SSSR count). The molecule has 2 amide bonds. The summed E-state index contributed by atoms with van der Waals surface area (Å²) < 4.78 is 19.2. The van der Waals surface area contributed by atoms with Crippen LogP contribution in [0.3, 0.4) is 0 Å². The standard InChI is InChI=1S/C17H23FN2O3/c1-11(2)23-10-14-8-13(3-4-15(14)18)17(22)20-6-5-12(9-20)7-16(19)21/h3-4,8,11-12H,5-7,9-10H2,1-2H3,(H2,19,21). The van der Waals surface area contributed by atoms with Gasteiger partial charge in [0.15, 0.2) is 0 Å². The summed E-state index contributed by atoms with van der Waals surface area (Å²) in [5.74, 6) is -0.766. The molecule has 0 bridgehead atoms. The van der Waals surface area contributed by atoms with Crippen LogP contribution >= 0.6 is 0 Å². The van der Waals surface area contributed by atoms with Crippen LogP contribution < -0.4 is 5.73 Å². The van der Waals surface area contributed by atoms with Crippen LogP contribution in [0.4, 0.5) is 4.39 Å². The molecule has 1 unspecified atom stereocenters. The molecule has 1 aliphatic heterocycles. The van der Waals surface area contributed by atoms with Crippen LogP contribution in [0.2, 0.25) is 0 Å². The van der Waals surface area contributed by atoms with Gasteiger partial charge < -0.3 is 15.4 Å². The molecule has 0 saturated carbocycles. The Kier molecular flexibility index (Phi) is 5.71. The zero-order valence-electron chi connectivity index (χ0n) is 13.5. The van der Waals surface area contributed by atoms with Crippen molar-refractivity contribution in [2.75, 3.05) is 13.1 Å². The van der Waals surface area contributed by atoms with Crippen LogP contribution in [0.15, 0.2) is 18.2 Å². The van der Waals surface area contributed by atoms with Gasteiger partial charge in [-0.15, -0.1) is 0 Å². The predicted octanol–water partition coefficient (Wildman–Crippen LogP) is 2.09. The molecule has 126 valence electrons. The second-order valence-corrected chi connectivity index (χ2v) is 6.24. The second kappa shape index (κ2) is 7.55. The zero-order valence-corrected chi connectivity index (χ0v) is 13.5. The molecule has 6 heteroatoms. The van der Waals surface area contributed by atoms with Gasteiger partial charge in [-0.25, -0.2) is 4.39 Å². The smallest absolute Gasteiger partial charge is 0.253 e. The topological polar surface area (TPSA) is 72.6 Å². The third kappa shape index (κ3) is 4.76. The summed E-state index contributed by atoms with van der Waals surface area (Å²) >= 11 is 0. The Morgan fingerprint density at radius 3 is 2.83 bits per heavy atom. The van der Waals surface area contributed by atoms with E-state index in [2.05, 4.69) is 0 Å². The summed E-state index contributed by atoms with van der Waals surface area (Å²) in [5, 5.41) is 0. The van der Waals surface area contributed by atoms with Crippen LogP contribution in [0.5, 0.6) is 0 Å². The first-order valence-electron chi connectivity index (χ1n) is 7.84. The van der Waals surface area contributed by atoms with Crippen LogP contribution in [-0.2, 0) is 16.1 Å². The Balaban J connectivity index is 2.05. The lowest BCUT2D eigenvalue weighted by Gasteiger charge is -2.17. The fourth-order valence-electron chi connectivity index (χ4n) is 2.73. The third-order valence-electron chi connectivity index (χ3n) is 3.93. The Hall–Kier alpha value is -1.95. The quantitative estimate of drug-likeness (QED) is 0.871. The second-order valence-electron chi connectivity index (χ2n) is 6.24. The average molecular weight is 322 g/mol. The summed E-state index contributed by atoms with van der Waals surface area (Å²) in [6.07, 6.45) is 1.04. The van der Waals surface area contributed by atoms with E-state index in [1.807, 2.05) is 13.8 Å². The number of carbonyl (C=O) groups is 2. The first kappa shape index (κ1) is 17.4. The van der Waals surface area contributed by atoms with Crippen molar-refractivity contribution in [3.63, 3.8) is 0 Å². The number of ether oxygens (including phenoxy) is 1. The SMILES string of the molecule is CC(C)OCc1cc(C(=O)N2CCC(CC(N)=O)C2)ccc1F.